The molecule has 0 saturated carbocycles. The van der Waals surface area contributed by atoms with Gasteiger partial charge in [-0.25, -0.2) is 0 Å². The molecule has 1 unspecified atom stereocenters. The van der Waals surface area contributed by atoms with Gasteiger partial charge in [-0.15, -0.1) is 0 Å². The second-order valence-electron chi connectivity index (χ2n) is 5.03. The van der Waals surface area contributed by atoms with Gasteiger partial charge in [0.2, 0.25) is 0 Å². The van der Waals surface area contributed by atoms with E-state index in [0.29, 0.717) is 5.92 Å². The van der Waals surface area contributed by atoms with E-state index in [1.807, 2.05) is 14.0 Å². The van der Waals surface area contributed by atoms with Crippen LogP contribution >= 0.6 is 0 Å². The average molecular weight is 281 g/mol. The Bertz CT molecular complexity index is 518. The molecular weight excluding hydrogens is 254 g/mol. The van der Waals surface area contributed by atoms with Crippen molar-refractivity contribution in [1.82, 2.24) is 5.32 Å². The molecule has 0 saturated heterocycles. The number of hydrogen-bond acceptors (Lipinski definition) is 1. The maximum atomic E-state index is 3.35. The second-order valence-corrected chi connectivity index (χ2v) is 5.03. The summed E-state index contributed by atoms with van der Waals surface area (Å²) in [5, 5.41) is 3.35. The van der Waals surface area contributed by atoms with Crippen molar-refractivity contribution >= 4 is 0 Å². The number of allylic oxidation sites excluding steroid dienone is 8. The fourth-order valence-electron chi connectivity index (χ4n) is 2.19. The molecule has 112 valence electrons. The van der Waals surface area contributed by atoms with E-state index in [2.05, 4.69) is 86.0 Å². The predicted octanol–water partition coefficient (Wildman–Crippen LogP) is 5.36. The molecule has 1 rings (SSSR count). The van der Waals surface area contributed by atoms with Gasteiger partial charge in [0.15, 0.2) is 0 Å². The molecule has 1 nitrogen and oxygen atoms in total. The standard InChI is InChI=1S/C20H27N/c1-5-7-16-20(21-4)19(15-11-12-17(3)6-2)18-13-9-8-10-14-18/h5-14,16,19,21H,15H2,1-4H3/b7-5-,12-11-,17-6-,20-16-. The van der Waals surface area contributed by atoms with E-state index < -0.39 is 0 Å². The highest BCUT2D eigenvalue weighted by atomic mass is 14.8. The van der Waals surface area contributed by atoms with E-state index >= 15 is 0 Å². The lowest BCUT2D eigenvalue weighted by atomic mass is 9.91. The Morgan fingerprint density at radius 2 is 1.90 bits per heavy atom. The molecule has 1 aromatic rings. The van der Waals surface area contributed by atoms with Gasteiger partial charge >= 0.3 is 0 Å². The van der Waals surface area contributed by atoms with E-state index in [1.54, 1.807) is 0 Å². The molecule has 0 amide bonds. The third-order valence-corrected chi connectivity index (χ3v) is 3.54. The molecular formula is C20H27N. The van der Waals surface area contributed by atoms with Crippen molar-refractivity contribution < 1.29 is 0 Å². The average Bonchev–Trinajstić information content (AvgIpc) is 2.54. The summed E-state index contributed by atoms with van der Waals surface area (Å²) in [6.45, 7) is 6.23. The van der Waals surface area contributed by atoms with E-state index in [0.717, 1.165) is 6.42 Å². The summed E-state index contributed by atoms with van der Waals surface area (Å²) in [6, 6.07) is 10.7. The summed E-state index contributed by atoms with van der Waals surface area (Å²) in [5.74, 6) is 0.355. The minimum absolute atomic E-state index is 0.355. The lowest BCUT2D eigenvalue weighted by Gasteiger charge is -2.19. The second kappa shape index (κ2) is 9.82. The molecule has 0 heterocycles. The van der Waals surface area contributed by atoms with Crippen LogP contribution in [0.1, 0.15) is 38.7 Å². The monoisotopic (exact) mass is 281 g/mol. The summed E-state index contributed by atoms with van der Waals surface area (Å²) in [6.07, 6.45) is 13.9. The zero-order valence-corrected chi connectivity index (χ0v) is 13.6. The van der Waals surface area contributed by atoms with Crippen LogP contribution in [0.2, 0.25) is 0 Å². The SMILES string of the molecule is C/C=C\C=C(/NC)C(C/C=C\C(C)=C/C)c1ccccc1. The van der Waals surface area contributed by atoms with Gasteiger partial charge in [0.1, 0.15) is 0 Å². The van der Waals surface area contributed by atoms with Crippen LogP contribution in [0.3, 0.4) is 0 Å². The first-order valence-electron chi connectivity index (χ1n) is 7.58. The first kappa shape index (κ1) is 17.0. The molecule has 1 heteroatoms. The highest BCUT2D eigenvalue weighted by Gasteiger charge is 2.13. The van der Waals surface area contributed by atoms with Crippen molar-refractivity contribution in [3.8, 4) is 0 Å². The zero-order valence-electron chi connectivity index (χ0n) is 13.6. The number of benzene rings is 1. The molecule has 1 aromatic carbocycles. The summed E-state index contributed by atoms with van der Waals surface area (Å²) in [7, 11) is 1.99. The minimum atomic E-state index is 0.355. The Morgan fingerprint density at radius 3 is 2.48 bits per heavy atom. The highest BCUT2D eigenvalue weighted by molar-refractivity contribution is 5.31. The topological polar surface area (TPSA) is 12.0 Å². The van der Waals surface area contributed by atoms with Crippen molar-refractivity contribution in [3.63, 3.8) is 0 Å². The van der Waals surface area contributed by atoms with E-state index in [4.69, 9.17) is 0 Å². The Kier molecular flexibility index (Phi) is 7.96. The molecule has 0 aliphatic carbocycles. The summed E-state index contributed by atoms with van der Waals surface area (Å²) >= 11 is 0. The van der Waals surface area contributed by atoms with Gasteiger partial charge in [-0.2, -0.15) is 0 Å². The molecule has 0 radical (unpaired) electrons. The minimum Gasteiger partial charge on any atom is -0.391 e. The van der Waals surface area contributed by atoms with Gasteiger partial charge in [0.05, 0.1) is 0 Å². The van der Waals surface area contributed by atoms with Crippen LogP contribution in [0.15, 0.2) is 78.1 Å². The van der Waals surface area contributed by atoms with Crippen molar-refractivity contribution in [2.24, 2.45) is 0 Å². The van der Waals surface area contributed by atoms with Gasteiger partial charge in [0, 0.05) is 18.7 Å². The quantitative estimate of drug-likeness (QED) is 0.663. The Hall–Kier alpha value is -2.02. The fourth-order valence-corrected chi connectivity index (χ4v) is 2.19. The third kappa shape index (κ3) is 5.86. The van der Waals surface area contributed by atoms with Gasteiger partial charge in [-0.05, 0) is 38.8 Å². The van der Waals surface area contributed by atoms with Crippen LogP contribution in [0, 0.1) is 0 Å². The third-order valence-electron chi connectivity index (χ3n) is 3.54. The smallest absolute Gasteiger partial charge is 0.0272 e. The van der Waals surface area contributed by atoms with Crippen LogP contribution in [0.25, 0.3) is 0 Å². The normalized spacial score (nSPS) is 14.9. The first-order chi connectivity index (χ1) is 10.2. The molecule has 0 bridgehead atoms. The summed E-state index contributed by atoms with van der Waals surface area (Å²) in [4.78, 5) is 0. The van der Waals surface area contributed by atoms with Gasteiger partial charge in [-0.1, -0.05) is 66.3 Å². The number of nitrogens with one attached hydrogen (secondary N) is 1. The summed E-state index contributed by atoms with van der Waals surface area (Å²) < 4.78 is 0. The molecule has 0 aliphatic rings. The van der Waals surface area contributed by atoms with E-state index in [-0.39, 0.29) is 0 Å². The molecule has 0 fully saturated rings. The van der Waals surface area contributed by atoms with E-state index in [9.17, 15) is 0 Å². The Balaban J connectivity index is 3.03. The van der Waals surface area contributed by atoms with Crippen molar-refractivity contribution in [1.29, 1.82) is 0 Å². The van der Waals surface area contributed by atoms with Crippen LogP contribution < -0.4 is 5.32 Å². The number of likely N-dealkylation sites (N-methyl/N-ethyl adjacent to an activating group) is 1. The largest absolute Gasteiger partial charge is 0.391 e. The van der Waals surface area contributed by atoms with Crippen molar-refractivity contribution in [2.75, 3.05) is 7.05 Å². The molecule has 1 N–H and O–H groups in total. The Morgan fingerprint density at radius 1 is 1.19 bits per heavy atom. The molecule has 21 heavy (non-hydrogen) atoms. The predicted molar refractivity (Wildman–Crippen MR) is 94.3 cm³/mol. The lowest BCUT2D eigenvalue weighted by molar-refractivity contribution is 0.737. The van der Waals surface area contributed by atoms with Gasteiger partial charge in [-0.3, -0.25) is 0 Å². The number of hydrogen-bond donors (Lipinski definition) is 1. The fraction of sp³-hybridized carbons (Fsp3) is 0.300. The van der Waals surface area contributed by atoms with Crippen LogP contribution in [-0.2, 0) is 0 Å². The first-order valence-corrected chi connectivity index (χ1v) is 7.58. The highest BCUT2D eigenvalue weighted by Crippen LogP contribution is 2.27. The molecule has 0 aromatic heterocycles. The van der Waals surface area contributed by atoms with Gasteiger partial charge in [0.25, 0.3) is 0 Å². The van der Waals surface area contributed by atoms with Crippen LogP contribution in [0.4, 0.5) is 0 Å². The lowest BCUT2D eigenvalue weighted by Crippen LogP contribution is -2.14. The van der Waals surface area contributed by atoms with Crippen molar-refractivity contribution in [2.45, 2.75) is 33.1 Å². The zero-order chi connectivity index (χ0) is 15.5. The van der Waals surface area contributed by atoms with Crippen LogP contribution in [-0.4, -0.2) is 7.05 Å². The maximum Gasteiger partial charge on any atom is 0.0272 e. The van der Waals surface area contributed by atoms with E-state index in [1.165, 1.54) is 16.8 Å². The van der Waals surface area contributed by atoms with Gasteiger partial charge < -0.3 is 5.32 Å². The molecule has 0 aliphatic heterocycles. The number of rotatable bonds is 7. The summed E-state index contributed by atoms with van der Waals surface area (Å²) in [5.41, 5.74) is 3.87. The molecule has 1 atom stereocenters. The Labute approximate surface area is 129 Å². The molecule has 0 spiro atoms. The maximum absolute atomic E-state index is 3.35. The van der Waals surface area contributed by atoms with Crippen LogP contribution in [0.5, 0.6) is 0 Å². The van der Waals surface area contributed by atoms with Crippen molar-refractivity contribution in [3.05, 3.63) is 83.6 Å².